The zero-order chi connectivity index (χ0) is 19.2. The lowest BCUT2D eigenvalue weighted by Crippen LogP contribution is -2.39. The molecule has 0 spiro atoms. The maximum atomic E-state index is 12.8. The fraction of sp³-hybridized carbons (Fsp3) is 0.450. The highest BCUT2D eigenvalue weighted by Gasteiger charge is 2.19. The molecule has 0 unspecified atom stereocenters. The number of nitrogens with zero attached hydrogens (tertiary/aromatic N) is 3. The Kier molecular flexibility index (Phi) is 6.24. The Morgan fingerprint density at radius 2 is 2.07 bits per heavy atom. The molecule has 0 saturated carbocycles. The molecule has 1 fully saturated rings. The highest BCUT2D eigenvalue weighted by molar-refractivity contribution is 5.97. The molecule has 2 N–H and O–H groups in total. The first kappa shape index (κ1) is 19.1. The Labute approximate surface area is 159 Å². The first-order chi connectivity index (χ1) is 13.0. The summed E-state index contributed by atoms with van der Waals surface area (Å²) in [6, 6.07) is 7.43. The lowest BCUT2D eigenvalue weighted by Gasteiger charge is -2.29. The molecule has 7 nitrogen and oxygen atoms in total. The first-order valence-electron chi connectivity index (χ1n) is 9.37. The molecular formula is C20H27N5O2. The normalized spacial score (nSPS) is 17.5. The van der Waals surface area contributed by atoms with Gasteiger partial charge in [0.1, 0.15) is 0 Å². The van der Waals surface area contributed by atoms with Crippen LogP contribution in [0.2, 0.25) is 0 Å². The monoisotopic (exact) mass is 369 g/mol. The fourth-order valence-corrected chi connectivity index (χ4v) is 3.45. The molecule has 2 heterocycles. The van der Waals surface area contributed by atoms with E-state index < -0.39 is 0 Å². The molecular weight excluding hydrogens is 342 g/mol. The van der Waals surface area contributed by atoms with Gasteiger partial charge < -0.3 is 15.5 Å². The number of benzene rings is 1. The van der Waals surface area contributed by atoms with E-state index in [-0.39, 0.29) is 11.8 Å². The third-order valence-electron chi connectivity index (χ3n) is 4.85. The van der Waals surface area contributed by atoms with Crippen molar-refractivity contribution in [1.82, 2.24) is 25.3 Å². The topological polar surface area (TPSA) is 79.3 Å². The van der Waals surface area contributed by atoms with Gasteiger partial charge in [-0.1, -0.05) is 12.1 Å². The molecule has 1 atom stereocenters. The summed E-state index contributed by atoms with van der Waals surface area (Å²) in [5, 5.41) is 10.2. The number of hydrogen-bond donors (Lipinski definition) is 2. The van der Waals surface area contributed by atoms with E-state index >= 15 is 0 Å². The van der Waals surface area contributed by atoms with Crippen LogP contribution in [0.25, 0.3) is 5.69 Å². The minimum Gasteiger partial charge on any atom is -0.352 e. The van der Waals surface area contributed by atoms with E-state index in [0.717, 1.165) is 30.8 Å². The minimum atomic E-state index is -0.0871. The van der Waals surface area contributed by atoms with Crippen molar-refractivity contribution >= 4 is 11.8 Å². The van der Waals surface area contributed by atoms with Crippen LogP contribution in [0.4, 0.5) is 0 Å². The molecule has 2 amide bonds. The second-order valence-corrected chi connectivity index (χ2v) is 7.20. The Hall–Kier alpha value is -2.67. The van der Waals surface area contributed by atoms with Crippen LogP contribution in [-0.4, -0.2) is 53.2 Å². The number of likely N-dealkylation sites (tertiary alicyclic amines) is 1. The van der Waals surface area contributed by atoms with E-state index in [2.05, 4.69) is 27.7 Å². The zero-order valence-electron chi connectivity index (χ0n) is 15.9. The van der Waals surface area contributed by atoms with Crippen molar-refractivity contribution in [2.24, 2.45) is 5.92 Å². The Bertz CT molecular complexity index is 801. The molecule has 27 heavy (non-hydrogen) atoms. The molecule has 1 aromatic heterocycles. The van der Waals surface area contributed by atoms with Gasteiger partial charge in [0.15, 0.2) is 0 Å². The molecule has 0 aliphatic carbocycles. The van der Waals surface area contributed by atoms with Gasteiger partial charge in [0.2, 0.25) is 5.91 Å². The van der Waals surface area contributed by atoms with Crippen molar-refractivity contribution in [3.8, 4) is 5.69 Å². The summed E-state index contributed by atoms with van der Waals surface area (Å²) in [5.74, 6) is 0.322. The first-order valence-corrected chi connectivity index (χ1v) is 9.37. The van der Waals surface area contributed by atoms with Crippen LogP contribution in [0.1, 0.15) is 35.7 Å². The lowest BCUT2D eigenvalue weighted by atomic mass is 9.98. The van der Waals surface area contributed by atoms with E-state index in [1.54, 1.807) is 10.9 Å². The smallest absolute Gasteiger partial charge is 0.253 e. The van der Waals surface area contributed by atoms with Crippen molar-refractivity contribution in [1.29, 1.82) is 0 Å². The fourth-order valence-electron chi connectivity index (χ4n) is 3.45. The second kappa shape index (κ2) is 8.81. The minimum absolute atomic E-state index is 0.0854. The summed E-state index contributed by atoms with van der Waals surface area (Å²) >= 11 is 0. The van der Waals surface area contributed by atoms with Gasteiger partial charge in [-0.15, -0.1) is 0 Å². The molecule has 144 valence electrons. The summed E-state index contributed by atoms with van der Waals surface area (Å²) in [4.78, 5) is 26.1. The third-order valence-corrected chi connectivity index (χ3v) is 4.85. The number of piperidine rings is 1. The van der Waals surface area contributed by atoms with E-state index in [1.807, 2.05) is 30.5 Å². The molecule has 0 radical (unpaired) electrons. The molecule has 2 aromatic rings. The summed E-state index contributed by atoms with van der Waals surface area (Å²) < 4.78 is 1.68. The molecule has 1 aliphatic heterocycles. The average molecular weight is 369 g/mol. The largest absolute Gasteiger partial charge is 0.352 e. The maximum Gasteiger partial charge on any atom is 0.253 e. The number of rotatable bonds is 6. The standard InChI is InChI=1S/C20H27N5O2/c1-15(26)21-11-17-12-23-25(14-17)19-8-4-3-7-18(19)20(27)22-10-16-6-5-9-24(2)13-16/h3-4,7-8,12,14,16H,5-6,9-11,13H2,1-2H3,(H,21,26)(H,22,27)/t16-/m1/s1. The average Bonchev–Trinajstić information content (AvgIpc) is 3.13. The Morgan fingerprint density at radius 1 is 1.26 bits per heavy atom. The van der Waals surface area contributed by atoms with Crippen molar-refractivity contribution < 1.29 is 9.59 Å². The van der Waals surface area contributed by atoms with Crippen LogP contribution in [0.3, 0.4) is 0 Å². The van der Waals surface area contributed by atoms with Crippen molar-refractivity contribution in [2.45, 2.75) is 26.3 Å². The highest BCUT2D eigenvalue weighted by atomic mass is 16.2. The van der Waals surface area contributed by atoms with Gasteiger partial charge in [-0.3, -0.25) is 9.59 Å². The van der Waals surface area contributed by atoms with Crippen LogP contribution in [0, 0.1) is 5.92 Å². The second-order valence-electron chi connectivity index (χ2n) is 7.20. The molecule has 1 saturated heterocycles. The van der Waals surface area contributed by atoms with Crippen molar-refractivity contribution in [3.05, 3.63) is 47.8 Å². The summed E-state index contributed by atoms with van der Waals surface area (Å²) in [6.45, 7) is 4.73. The number of amides is 2. The number of nitrogens with one attached hydrogen (secondary N) is 2. The molecule has 3 rings (SSSR count). The van der Waals surface area contributed by atoms with E-state index in [9.17, 15) is 9.59 Å². The van der Waals surface area contributed by atoms with Crippen LogP contribution < -0.4 is 10.6 Å². The maximum absolute atomic E-state index is 12.8. The summed E-state index contributed by atoms with van der Waals surface area (Å²) in [5.41, 5.74) is 2.20. The van der Waals surface area contributed by atoms with E-state index in [1.165, 1.54) is 13.3 Å². The van der Waals surface area contributed by atoms with Crippen LogP contribution >= 0.6 is 0 Å². The number of hydrogen-bond acceptors (Lipinski definition) is 4. The number of carbonyl (C=O) groups is 2. The van der Waals surface area contributed by atoms with Gasteiger partial charge >= 0.3 is 0 Å². The third kappa shape index (κ3) is 5.17. The summed E-state index contributed by atoms with van der Waals surface area (Å²) in [7, 11) is 2.12. The van der Waals surface area contributed by atoms with Crippen LogP contribution in [-0.2, 0) is 11.3 Å². The predicted octanol–water partition coefficient (Wildman–Crippen LogP) is 1.58. The van der Waals surface area contributed by atoms with Gasteiger partial charge in [0, 0.05) is 38.3 Å². The van der Waals surface area contributed by atoms with E-state index in [0.29, 0.717) is 24.6 Å². The zero-order valence-corrected chi connectivity index (χ0v) is 15.9. The number of carbonyl (C=O) groups excluding carboxylic acids is 2. The van der Waals surface area contributed by atoms with Crippen molar-refractivity contribution in [3.63, 3.8) is 0 Å². The SMILES string of the molecule is CC(=O)NCc1cnn(-c2ccccc2C(=O)NC[C@H]2CCCN(C)C2)c1. The summed E-state index contributed by atoms with van der Waals surface area (Å²) in [6.07, 6.45) is 5.86. The quantitative estimate of drug-likeness (QED) is 0.810. The molecule has 0 bridgehead atoms. The molecule has 7 heteroatoms. The number of aromatic nitrogens is 2. The predicted molar refractivity (Wildman–Crippen MR) is 104 cm³/mol. The van der Waals surface area contributed by atoms with E-state index in [4.69, 9.17) is 0 Å². The Morgan fingerprint density at radius 3 is 2.85 bits per heavy atom. The van der Waals surface area contributed by atoms with Gasteiger partial charge in [0.05, 0.1) is 17.4 Å². The van der Waals surface area contributed by atoms with Gasteiger partial charge in [-0.2, -0.15) is 5.10 Å². The van der Waals surface area contributed by atoms with Gasteiger partial charge in [-0.05, 0) is 44.5 Å². The highest BCUT2D eigenvalue weighted by Crippen LogP contribution is 2.17. The lowest BCUT2D eigenvalue weighted by molar-refractivity contribution is -0.119. The van der Waals surface area contributed by atoms with Crippen LogP contribution in [0.5, 0.6) is 0 Å². The van der Waals surface area contributed by atoms with Gasteiger partial charge in [0.25, 0.3) is 5.91 Å². The Balaban J connectivity index is 1.68. The van der Waals surface area contributed by atoms with Gasteiger partial charge in [-0.25, -0.2) is 4.68 Å². The molecule has 1 aliphatic rings. The van der Waals surface area contributed by atoms with Crippen LogP contribution in [0.15, 0.2) is 36.7 Å². The van der Waals surface area contributed by atoms with Crippen molar-refractivity contribution in [2.75, 3.05) is 26.7 Å². The number of para-hydroxylation sites is 1. The molecule has 1 aromatic carbocycles.